The predicted octanol–water partition coefficient (Wildman–Crippen LogP) is 3.57. The van der Waals surface area contributed by atoms with Gasteiger partial charge in [-0.3, -0.25) is 4.79 Å². The maximum absolute atomic E-state index is 12.0. The van der Waals surface area contributed by atoms with Crippen molar-refractivity contribution in [1.82, 2.24) is 5.32 Å². The van der Waals surface area contributed by atoms with Gasteiger partial charge in [0.25, 0.3) is 5.91 Å². The van der Waals surface area contributed by atoms with Crippen LogP contribution >= 0.6 is 28.6 Å². The fraction of sp³-hybridized carbons (Fsp3) is 0.154. The molecule has 94 valence electrons. The summed E-state index contributed by atoms with van der Waals surface area (Å²) < 4.78 is 6.13. The summed E-state index contributed by atoms with van der Waals surface area (Å²) in [6.07, 6.45) is 0. The Hall–Kier alpha value is -1.20. The van der Waals surface area contributed by atoms with Crippen LogP contribution < -0.4 is 5.32 Å². The van der Waals surface area contributed by atoms with Gasteiger partial charge in [-0.25, -0.2) is 0 Å². The van der Waals surface area contributed by atoms with Gasteiger partial charge in [-0.2, -0.15) is 0 Å². The second-order valence-electron chi connectivity index (χ2n) is 3.86. The summed E-state index contributed by atoms with van der Waals surface area (Å²) in [5, 5.41) is 2.80. The molecular formula is C13H12BrNO2S. The number of thiol groups is 1. The molecule has 18 heavy (non-hydrogen) atoms. The van der Waals surface area contributed by atoms with Crippen LogP contribution in [-0.2, 0) is 6.54 Å². The quantitative estimate of drug-likeness (QED) is 0.847. The molecule has 0 fully saturated rings. The van der Waals surface area contributed by atoms with Gasteiger partial charge in [-0.05, 0) is 53.2 Å². The number of nitrogens with one attached hydrogen (secondary N) is 1. The van der Waals surface area contributed by atoms with Crippen LogP contribution in [0, 0.1) is 6.92 Å². The van der Waals surface area contributed by atoms with E-state index in [4.69, 9.17) is 4.42 Å². The second kappa shape index (κ2) is 5.63. The summed E-state index contributed by atoms with van der Waals surface area (Å²) >= 11 is 7.56. The van der Waals surface area contributed by atoms with Crippen LogP contribution in [0.2, 0.25) is 0 Å². The summed E-state index contributed by atoms with van der Waals surface area (Å²) in [6, 6.07) is 9.05. The van der Waals surface area contributed by atoms with Crippen molar-refractivity contribution in [3.63, 3.8) is 0 Å². The molecule has 2 aromatic rings. The molecule has 1 aromatic heterocycles. The smallest absolute Gasteiger partial charge is 0.252 e. The Morgan fingerprint density at radius 3 is 2.83 bits per heavy atom. The van der Waals surface area contributed by atoms with E-state index in [2.05, 4.69) is 33.9 Å². The normalized spacial score (nSPS) is 10.4. The van der Waals surface area contributed by atoms with E-state index in [0.29, 0.717) is 12.1 Å². The molecule has 0 bridgehead atoms. The lowest BCUT2D eigenvalue weighted by Crippen LogP contribution is -2.22. The number of hydrogen-bond donors (Lipinski definition) is 2. The third-order valence-corrected chi connectivity index (χ3v) is 3.38. The van der Waals surface area contributed by atoms with E-state index in [1.54, 1.807) is 12.1 Å². The second-order valence-corrected chi connectivity index (χ2v) is 5.23. The molecule has 1 N–H and O–H groups in total. The van der Waals surface area contributed by atoms with Gasteiger partial charge in [0, 0.05) is 9.37 Å². The summed E-state index contributed by atoms with van der Waals surface area (Å²) in [5.41, 5.74) is 0.561. The highest BCUT2D eigenvalue weighted by atomic mass is 79.9. The zero-order valence-corrected chi connectivity index (χ0v) is 12.2. The summed E-state index contributed by atoms with van der Waals surface area (Å²) in [5.74, 6) is 1.41. The highest BCUT2D eigenvalue weighted by molar-refractivity contribution is 9.10. The van der Waals surface area contributed by atoms with Gasteiger partial charge in [0.1, 0.15) is 11.5 Å². The first-order valence-electron chi connectivity index (χ1n) is 5.38. The number of benzene rings is 1. The molecule has 0 spiro atoms. The van der Waals surface area contributed by atoms with Crippen LogP contribution in [0.5, 0.6) is 0 Å². The first-order chi connectivity index (χ1) is 8.56. The minimum Gasteiger partial charge on any atom is -0.465 e. The van der Waals surface area contributed by atoms with Crippen molar-refractivity contribution in [3.8, 4) is 0 Å². The van der Waals surface area contributed by atoms with E-state index in [1.807, 2.05) is 25.1 Å². The van der Waals surface area contributed by atoms with Crippen LogP contribution in [0.1, 0.15) is 21.9 Å². The molecule has 1 amide bonds. The molecule has 0 atom stereocenters. The summed E-state index contributed by atoms with van der Waals surface area (Å²) in [6.45, 7) is 2.24. The van der Waals surface area contributed by atoms with Crippen molar-refractivity contribution in [2.45, 2.75) is 18.4 Å². The largest absolute Gasteiger partial charge is 0.465 e. The minimum absolute atomic E-state index is 0.160. The maximum atomic E-state index is 12.0. The van der Waals surface area contributed by atoms with E-state index in [0.717, 1.165) is 20.9 Å². The molecule has 2 rings (SSSR count). The van der Waals surface area contributed by atoms with E-state index in [1.165, 1.54) is 0 Å². The molecule has 5 heteroatoms. The molecule has 0 radical (unpaired) electrons. The predicted molar refractivity (Wildman–Crippen MR) is 76.0 cm³/mol. The third-order valence-electron chi connectivity index (χ3n) is 2.41. The molecule has 0 saturated heterocycles. The molecular weight excluding hydrogens is 314 g/mol. The number of aryl methyl sites for hydroxylation is 1. The van der Waals surface area contributed by atoms with Gasteiger partial charge in [0.15, 0.2) is 0 Å². The fourth-order valence-corrected chi connectivity index (χ4v) is 2.16. The van der Waals surface area contributed by atoms with Crippen LogP contribution in [0.25, 0.3) is 0 Å². The average Bonchev–Trinajstić information content (AvgIpc) is 2.75. The Kier molecular flexibility index (Phi) is 4.14. The van der Waals surface area contributed by atoms with E-state index in [-0.39, 0.29) is 5.91 Å². The van der Waals surface area contributed by atoms with E-state index < -0.39 is 0 Å². The van der Waals surface area contributed by atoms with Crippen molar-refractivity contribution in [2.75, 3.05) is 0 Å². The lowest BCUT2D eigenvalue weighted by atomic mass is 10.2. The first kappa shape index (κ1) is 13.2. The standard InChI is InChI=1S/C13H12BrNO2S/c1-8-2-3-9(17-8)7-15-13(16)11-6-10(18)4-5-12(11)14/h2-6,18H,7H2,1H3,(H,15,16). The SMILES string of the molecule is Cc1ccc(CNC(=O)c2cc(S)ccc2Br)o1. The summed E-state index contributed by atoms with van der Waals surface area (Å²) in [4.78, 5) is 12.7. The minimum atomic E-state index is -0.160. The van der Waals surface area contributed by atoms with Crippen LogP contribution in [0.15, 0.2) is 44.1 Å². The Bertz CT molecular complexity index is 580. The number of amides is 1. The number of rotatable bonds is 3. The molecule has 1 heterocycles. The molecule has 0 aliphatic carbocycles. The van der Waals surface area contributed by atoms with Gasteiger partial charge in [-0.1, -0.05) is 0 Å². The number of furan rings is 1. The van der Waals surface area contributed by atoms with Crippen molar-refractivity contribution in [3.05, 3.63) is 51.9 Å². The van der Waals surface area contributed by atoms with Crippen LogP contribution in [-0.4, -0.2) is 5.91 Å². The topological polar surface area (TPSA) is 42.2 Å². The van der Waals surface area contributed by atoms with Gasteiger partial charge in [-0.15, -0.1) is 12.6 Å². The van der Waals surface area contributed by atoms with Gasteiger partial charge in [0.05, 0.1) is 12.1 Å². The Morgan fingerprint density at radius 2 is 2.17 bits per heavy atom. The fourth-order valence-electron chi connectivity index (χ4n) is 1.53. The van der Waals surface area contributed by atoms with Crippen LogP contribution in [0.4, 0.5) is 0 Å². The van der Waals surface area contributed by atoms with E-state index in [9.17, 15) is 4.79 Å². The summed E-state index contributed by atoms with van der Waals surface area (Å²) in [7, 11) is 0. The first-order valence-corrected chi connectivity index (χ1v) is 6.62. The number of hydrogen-bond acceptors (Lipinski definition) is 3. The molecule has 3 nitrogen and oxygen atoms in total. The monoisotopic (exact) mass is 325 g/mol. The van der Waals surface area contributed by atoms with Crippen molar-refractivity contribution >= 4 is 34.5 Å². The third kappa shape index (κ3) is 3.17. The Balaban J connectivity index is 2.05. The number of halogens is 1. The molecule has 0 aliphatic rings. The highest BCUT2D eigenvalue weighted by Crippen LogP contribution is 2.20. The molecule has 1 aromatic carbocycles. The molecule has 0 unspecified atom stereocenters. The highest BCUT2D eigenvalue weighted by Gasteiger charge is 2.10. The number of carbonyl (C=O) groups excluding carboxylic acids is 1. The lowest BCUT2D eigenvalue weighted by molar-refractivity contribution is 0.0947. The van der Waals surface area contributed by atoms with Crippen molar-refractivity contribution in [1.29, 1.82) is 0 Å². The van der Waals surface area contributed by atoms with Gasteiger partial charge < -0.3 is 9.73 Å². The zero-order valence-electron chi connectivity index (χ0n) is 9.74. The molecule has 0 saturated carbocycles. The Morgan fingerprint density at radius 1 is 1.39 bits per heavy atom. The Labute approximate surface area is 119 Å². The molecule has 0 aliphatic heterocycles. The maximum Gasteiger partial charge on any atom is 0.252 e. The van der Waals surface area contributed by atoms with Crippen LogP contribution in [0.3, 0.4) is 0 Å². The zero-order chi connectivity index (χ0) is 13.1. The van der Waals surface area contributed by atoms with Crippen molar-refractivity contribution in [2.24, 2.45) is 0 Å². The van der Waals surface area contributed by atoms with Gasteiger partial charge >= 0.3 is 0 Å². The van der Waals surface area contributed by atoms with E-state index >= 15 is 0 Å². The van der Waals surface area contributed by atoms with Gasteiger partial charge in [0.2, 0.25) is 0 Å². The average molecular weight is 326 g/mol. The lowest BCUT2D eigenvalue weighted by Gasteiger charge is -2.06. The van der Waals surface area contributed by atoms with Crippen molar-refractivity contribution < 1.29 is 9.21 Å². The number of carbonyl (C=O) groups is 1.